The number of aryl methyl sites for hydroxylation is 1. The topological polar surface area (TPSA) is 52.3 Å². The van der Waals surface area contributed by atoms with Crippen LogP contribution in [0.4, 0.5) is 0 Å². The number of carbonyl (C=O) groups is 1. The molecule has 0 amide bonds. The summed E-state index contributed by atoms with van der Waals surface area (Å²) in [6.07, 6.45) is 0. The van der Waals surface area contributed by atoms with E-state index in [4.69, 9.17) is 10.5 Å². The molecule has 0 spiro atoms. The van der Waals surface area contributed by atoms with E-state index in [-0.39, 0.29) is 12.5 Å². The van der Waals surface area contributed by atoms with Crippen molar-refractivity contribution in [1.29, 1.82) is 0 Å². The first kappa shape index (κ1) is 9.74. The van der Waals surface area contributed by atoms with Crippen molar-refractivity contribution in [2.75, 3.05) is 6.54 Å². The number of nitrogens with two attached hydrogens (primary N) is 1. The minimum Gasteiger partial charge on any atom is -0.460 e. The van der Waals surface area contributed by atoms with Crippen LogP contribution in [0.1, 0.15) is 11.1 Å². The zero-order chi connectivity index (χ0) is 9.68. The van der Waals surface area contributed by atoms with E-state index in [9.17, 15) is 4.79 Å². The Labute approximate surface area is 77.5 Å². The Morgan fingerprint density at radius 3 is 2.92 bits per heavy atom. The zero-order valence-electron chi connectivity index (χ0n) is 7.62. The first-order chi connectivity index (χ1) is 6.22. The monoisotopic (exact) mass is 179 g/mol. The first-order valence-electron chi connectivity index (χ1n) is 4.13. The molecule has 0 atom stereocenters. The molecular weight excluding hydrogens is 166 g/mol. The van der Waals surface area contributed by atoms with Crippen LogP contribution in [-0.2, 0) is 16.1 Å². The third-order valence-electron chi connectivity index (χ3n) is 1.65. The van der Waals surface area contributed by atoms with Crippen LogP contribution in [0.3, 0.4) is 0 Å². The van der Waals surface area contributed by atoms with Crippen LogP contribution in [0.5, 0.6) is 0 Å². The molecule has 1 rings (SSSR count). The van der Waals surface area contributed by atoms with E-state index >= 15 is 0 Å². The van der Waals surface area contributed by atoms with Gasteiger partial charge >= 0.3 is 5.97 Å². The highest BCUT2D eigenvalue weighted by Gasteiger charge is 1.99. The summed E-state index contributed by atoms with van der Waals surface area (Å²) in [6.45, 7) is 2.23. The van der Waals surface area contributed by atoms with E-state index in [1.165, 1.54) is 0 Å². The van der Waals surface area contributed by atoms with E-state index in [0.717, 1.165) is 11.1 Å². The molecule has 13 heavy (non-hydrogen) atoms. The number of hydrogen-bond acceptors (Lipinski definition) is 3. The first-order valence-corrected chi connectivity index (χ1v) is 4.13. The fraction of sp³-hybridized carbons (Fsp3) is 0.300. The highest BCUT2D eigenvalue weighted by molar-refractivity contribution is 5.71. The Balaban J connectivity index is 2.50. The fourth-order valence-corrected chi connectivity index (χ4v) is 1.02. The maximum absolute atomic E-state index is 10.7. The average molecular weight is 179 g/mol. The Kier molecular flexibility index (Phi) is 3.46. The second-order valence-electron chi connectivity index (χ2n) is 2.85. The largest absolute Gasteiger partial charge is 0.460 e. The number of ether oxygens (including phenoxy) is 1. The van der Waals surface area contributed by atoms with Gasteiger partial charge in [0.1, 0.15) is 6.61 Å². The van der Waals surface area contributed by atoms with Gasteiger partial charge in [-0.2, -0.15) is 0 Å². The molecule has 0 aliphatic carbocycles. The highest BCUT2D eigenvalue weighted by atomic mass is 16.5. The van der Waals surface area contributed by atoms with E-state index in [2.05, 4.69) is 0 Å². The Hall–Kier alpha value is -1.35. The van der Waals surface area contributed by atoms with Crippen molar-refractivity contribution in [3.63, 3.8) is 0 Å². The van der Waals surface area contributed by atoms with Crippen LogP contribution in [0.15, 0.2) is 24.3 Å². The summed E-state index contributed by atoms with van der Waals surface area (Å²) in [5.74, 6) is -0.374. The summed E-state index contributed by atoms with van der Waals surface area (Å²) in [4.78, 5) is 10.7. The predicted octanol–water partition coefficient (Wildman–Crippen LogP) is 0.997. The van der Waals surface area contributed by atoms with Crippen LogP contribution in [-0.4, -0.2) is 12.5 Å². The zero-order valence-corrected chi connectivity index (χ0v) is 7.62. The number of esters is 1. The van der Waals surface area contributed by atoms with Gasteiger partial charge in [0.05, 0.1) is 6.54 Å². The Morgan fingerprint density at radius 1 is 1.54 bits per heavy atom. The van der Waals surface area contributed by atoms with E-state index in [0.29, 0.717) is 6.61 Å². The van der Waals surface area contributed by atoms with Gasteiger partial charge in [0.15, 0.2) is 0 Å². The van der Waals surface area contributed by atoms with Gasteiger partial charge in [0.25, 0.3) is 0 Å². The van der Waals surface area contributed by atoms with E-state index < -0.39 is 0 Å². The van der Waals surface area contributed by atoms with Crippen molar-refractivity contribution >= 4 is 5.97 Å². The second kappa shape index (κ2) is 4.62. The second-order valence-corrected chi connectivity index (χ2v) is 2.85. The van der Waals surface area contributed by atoms with Crippen molar-refractivity contribution in [3.8, 4) is 0 Å². The molecule has 0 saturated carbocycles. The third-order valence-corrected chi connectivity index (χ3v) is 1.65. The molecule has 0 bridgehead atoms. The SMILES string of the molecule is Cc1cccc(COC(=O)CN)c1. The molecule has 0 radical (unpaired) electrons. The third kappa shape index (κ3) is 3.25. The predicted molar refractivity (Wildman–Crippen MR) is 50.0 cm³/mol. The van der Waals surface area contributed by atoms with Crippen molar-refractivity contribution in [2.45, 2.75) is 13.5 Å². The van der Waals surface area contributed by atoms with E-state index in [1.54, 1.807) is 0 Å². The molecule has 0 unspecified atom stereocenters. The van der Waals surface area contributed by atoms with Gasteiger partial charge in [-0.25, -0.2) is 0 Å². The summed E-state index contributed by atoms with van der Waals surface area (Å²) in [5, 5.41) is 0. The molecule has 0 heterocycles. The van der Waals surface area contributed by atoms with Crippen molar-refractivity contribution in [2.24, 2.45) is 5.73 Å². The molecule has 3 heteroatoms. The highest BCUT2D eigenvalue weighted by Crippen LogP contribution is 2.04. The molecule has 1 aromatic carbocycles. The summed E-state index contributed by atoms with van der Waals surface area (Å²) in [6, 6.07) is 7.82. The van der Waals surface area contributed by atoms with Gasteiger partial charge < -0.3 is 10.5 Å². The maximum atomic E-state index is 10.7. The smallest absolute Gasteiger partial charge is 0.320 e. The van der Waals surface area contributed by atoms with Gasteiger partial charge in [-0.05, 0) is 12.5 Å². The number of carbonyl (C=O) groups excluding carboxylic acids is 1. The van der Waals surface area contributed by atoms with E-state index in [1.807, 2.05) is 31.2 Å². The quantitative estimate of drug-likeness (QED) is 0.704. The van der Waals surface area contributed by atoms with Gasteiger partial charge in [-0.1, -0.05) is 29.8 Å². The van der Waals surface area contributed by atoms with Gasteiger partial charge in [-0.3, -0.25) is 4.79 Å². The Bertz CT molecular complexity index is 297. The summed E-state index contributed by atoms with van der Waals surface area (Å²) in [7, 11) is 0. The van der Waals surface area contributed by atoms with Gasteiger partial charge in [0.2, 0.25) is 0 Å². The molecule has 0 aliphatic rings. The molecule has 70 valence electrons. The fourth-order valence-electron chi connectivity index (χ4n) is 1.02. The molecule has 2 N–H and O–H groups in total. The minimum absolute atomic E-state index is 0.0637. The van der Waals surface area contributed by atoms with Crippen molar-refractivity contribution in [3.05, 3.63) is 35.4 Å². The normalized spacial score (nSPS) is 9.69. The lowest BCUT2D eigenvalue weighted by Gasteiger charge is -2.03. The van der Waals surface area contributed by atoms with Crippen LogP contribution < -0.4 is 5.73 Å². The van der Waals surface area contributed by atoms with Gasteiger partial charge in [0, 0.05) is 0 Å². The molecule has 3 nitrogen and oxygen atoms in total. The molecule has 1 aromatic rings. The van der Waals surface area contributed by atoms with Crippen molar-refractivity contribution in [1.82, 2.24) is 0 Å². The van der Waals surface area contributed by atoms with Crippen LogP contribution in [0.25, 0.3) is 0 Å². The summed E-state index contributed by atoms with van der Waals surface area (Å²) in [5.41, 5.74) is 7.23. The van der Waals surface area contributed by atoms with Crippen LogP contribution >= 0.6 is 0 Å². The molecular formula is C10H13NO2. The standard InChI is InChI=1S/C10H13NO2/c1-8-3-2-4-9(5-8)7-13-10(12)6-11/h2-5H,6-7,11H2,1H3. The summed E-state index contributed by atoms with van der Waals surface area (Å²) >= 11 is 0. The molecule has 0 saturated heterocycles. The lowest BCUT2D eigenvalue weighted by molar-refractivity contribution is -0.143. The van der Waals surface area contributed by atoms with Crippen LogP contribution in [0, 0.1) is 6.92 Å². The van der Waals surface area contributed by atoms with Gasteiger partial charge in [-0.15, -0.1) is 0 Å². The van der Waals surface area contributed by atoms with Crippen molar-refractivity contribution < 1.29 is 9.53 Å². The molecule has 0 fully saturated rings. The molecule has 0 aliphatic heterocycles. The lowest BCUT2D eigenvalue weighted by Crippen LogP contribution is -2.16. The lowest BCUT2D eigenvalue weighted by atomic mass is 10.1. The number of benzene rings is 1. The number of rotatable bonds is 3. The molecule has 0 aromatic heterocycles. The van der Waals surface area contributed by atoms with Crippen LogP contribution in [0.2, 0.25) is 0 Å². The average Bonchev–Trinajstić information content (AvgIpc) is 2.14. The Morgan fingerprint density at radius 2 is 2.31 bits per heavy atom. The summed E-state index contributed by atoms with van der Waals surface area (Å²) < 4.78 is 4.87. The minimum atomic E-state index is -0.374. The number of hydrogen-bond donors (Lipinski definition) is 1. The maximum Gasteiger partial charge on any atom is 0.320 e.